The number of benzene rings is 2. The maximum absolute atomic E-state index is 16.1. The number of hydrogen-bond donors (Lipinski definition) is 6. The largest absolute Gasteiger partial charge is 0.507 e. The van der Waals surface area contributed by atoms with Gasteiger partial charge in [-0.05, 0) is 45.3 Å². The number of ether oxygens (including phenoxy) is 5. The van der Waals surface area contributed by atoms with Gasteiger partial charge in [-0.25, -0.2) is 14.0 Å². The molecule has 0 spiro atoms. The van der Waals surface area contributed by atoms with Gasteiger partial charge in [0.25, 0.3) is 11.7 Å². The van der Waals surface area contributed by atoms with E-state index >= 15 is 9.18 Å². The lowest BCUT2D eigenvalue weighted by molar-refractivity contribution is -0.131. The molecule has 24 heteroatoms. The Labute approximate surface area is 470 Å². The van der Waals surface area contributed by atoms with Crippen molar-refractivity contribution in [3.05, 3.63) is 114 Å². The number of phenolic OH excluding ortho intramolecular Hbond substituents is 1. The van der Waals surface area contributed by atoms with Crippen molar-refractivity contribution in [2.45, 2.75) is 116 Å². The van der Waals surface area contributed by atoms with E-state index in [1.807, 2.05) is 0 Å². The number of aliphatic hydroxyl groups is 2. The number of aromatic hydroxyl groups is 1. The number of Topliss-reactive ketones (excluding diaryl/α,β-unsaturated/α-hetero) is 2. The van der Waals surface area contributed by atoms with Gasteiger partial charge < -0.3 is 69.1 Å². The van der Waals surface area contributed by atoms with Crippen LogP contribution in [0, 0.1) is 41.3 Å². The van der Waals surface area contributed by atoms with Gasteiger partial charge in [-0.1, -0.05) is 62.7 Å². The lowest BCUT2D eigenvalue weighted by Crippen LogP contribution is -2.48. The fourth-order valence-electron chi connectivity index (χ4n) is 11.8. The average Bonchev–Trinajstić information content (AvgIpc) is 2.61. The SMILES string of the molecule is CO[C@H]1C=CO[C@@]2(C)Oc3c(C)c(O)c4c(c3C2N=O)C(=O)C(N2CCOCC2)=C(NC(=O)C(C)=CC=C[C@H](C)[C@H](O)[C@@H](C)[C@@H](O)[C@@H](C)[C@H](OC(=O)NC2CCN(c3c(F)cc5c(=O)c(C(=O)O)cn(C6CC6)c5c3Cl)C2)[C@@H]1C)C4=O. The molecule has 1 aromatic heterocycles. The van der Waals surface area contributed by atoms with Crippen LogP contribution in [-0.4, -0.2) is 142 Å². The summed E-state index contributed by atoms with van der Waals surface area (Å²) in [4.78, 5) is 99.4. The molecule has 2 amide bonds. The number of pyridine rings is 1. The molecule has 1 saturated carbocycles. The number of fused-ring (bicyclic) bond motifs is 15. The highest BCUT2D eigenvalue weighted by Gasteiger charge is 2.55. The van der Waals surface area contributed by atoms with Gasteiger partial charge >= 0.3 is 12.1 Å². The van der Waals surface area contributed by atoms with E-state index in [0.29, 0.717) is 19.3 Å². The highest BCUT2D eigenvalue weighted by Crippen LogP contribution is 2.55. The van der Waals surface area contributed by atoms with Crippen molar-refractivity contribution in [1.82, 2.24) is 20.1 Å². The van der Waals surface area contributed by atoms with E-state index in [4.69, 9.17) is 35.3 Å². The minimum Gasteiger partial charge on any atom is -0.507 e. The van der Waals surface area contributed by atoms with Crippen molar-refractivity contribution >= 4 is 57.7 Å². The van der Waals surface area contributed by atoms with Crippen LogP contribution in [0.3, 0.4) is 0 Å². The van der Waals surface area contributed by atoms with Crippen LogP contribution in [0.1, 0.15) is 115 Å². The zero-order valence-electron chi connectivity index (χ0n) is 46.0. The highest BCUT2D eigenvalue weighted by molar-refractivity contribution is 6.38. The van der Waals surface area contributed by atoms with Crippen molar-refractivity contribution in [2.75, 3.05) is 51.4 Å². The number of aromatic nitrogens is 1. The molecule has 6 heterocycles. The van der Waals surface area contributed by atoms with E-state index in [1.54, 1.807) is 48.1 Å². The Morgan fingerprint density at radius 1 is 0.951 bits per heavy atom. The van der Waals surface area contributed by atoms with Crippen LogP contribution in [-0.2, 0) is 23.7 Å². The highest BCUT2D eigenvalue weighted by atomic mass is 35.5. The second kappa shape index (κ2) is 23.0. The number of carboxylic acid groups (broad SMARTS) is 1. The van der Waals surface area contributed by atoms with E-state index in [-0.39, 0.29) is 101 Å². The van der Waals surface area contributed by atoms with Crippen molar-refractivity contribution in [2.24, 2.45) is 28.8 Å². The first kappa shape index (κ1) is 58.5. The second-order valence-electron chi connectivity index (χ2n) is 22.0. The zero-order valence-corrected chi connectivity index (χ0v) is 46.7. The van der Waals surface area contributed by atoms with Gasteiger partial charge in [0.2, 0.25) is 17.0 Å². The van der Waals surface area contributed by atoms with Crippen molar-refractivity contribution in [3.8, 4) is 11.5 Å². The molecule has 2 aliphatic carbocycles. The molecule has 2 aromatic carbocycles. The van der Waals surface area contributed by atoms with Crippen molar-refractivity contribution < 1.29 is 72.5 Å². The summed E-state index contributed by atoms with van der Waals surface area (Å²) in [6.45, 7) is 11.9. The zero-order chi connectivity index (χ0) is 58.7. The van der Waals surface area contributed by atoms with Gasteiger partial charge in [0, 0.05) is 98.4 Å². The summed E-state index contributed by atoms with van der Waals surface area (Å²) in [5.41, 5.74) is -2.66. The topological polar surface area (TPSA) is 294 Å². The lowest BCUT2D eigenvalue weighted by Gasteiger charge is -2.38. The van der Waals surface area contributed by atoms with Gasteiger partial charge in [-0.15, -0.1) is 4.91 Å². The Kier molecular flexibility index (Phi) is 16.6. The molecule has 11 atom stereocenters. The standard InChI is InChI=1S/C57H66ClFN6O16/c1-25-10-9-11-26(2)54(72)61-41-44(63-17-20-78-21-18-63)50(71)37-38(49(41)70)47(68)30(6)52-39(37)53(62-76)57(7,81-52)79-19-15-36(77-8)27(3)51(29(5)46(67)28(4)45(25)66)80-56(75)60-31-14-16-64(23-31)43-35(59)22-33-42(40(43)58)65(32-12-13-32)24-34(48(33)69)55(73)74/h9-11,15,19,22,24-25,27-29,31-32,36,45-46,51,53,66-68H,12-14,16-18,20-21,23H2,1-8H3,(H,60,75)(H,61,72)(H,73,74)/t25-,27+,28+,29+,31?,36-,45-,46+,51+,53?,57-/m0/s1. The summed E-state index contributed by atoms with van der Waals surface area (Å²) in [6, 6.07) is -1.41. The number of aromatic carboxylic acids is 1. The number of hydrogen-bond acceptors (Lipinski definition) is 18. The van der Waals surface area contributed by atoms with E-state index < -0.39 is 129 Å². The summed E-state index contributed by atoms with van der Waals surface area (Å²) in [5, 5.41) is 53.9. The van der Waals surface area contributed by atoms with Crippen LogP contribution in [0.4, 0.5) is 14.9 Å². The van der Waals surface area contributed by atoms with Crippen LogP contribution in [0.25, 0.3) is 10.9 Å². The number of allylic oxidation sites excluding steroid dienone is 4. The average molecular weight is 1150 g/mol. The van der Waals surface area contributed by atoms with Crippen molar-refractivity contribution in [3.63, 3.8) is 0 Å². The van der Waals surface area contributed by atoms with Crippen LogP contribution >= 0.6 is 11.6 Å². The molecule has 10 rings (SSSR count). The number of aliphatic hydroxyl groups excluding tert-OH is 2. The Morgan fingerprint density at radius 2 is 1.65 bits per heavy atom. The number of methoxy groups -OCH3 is 1. The Morgan fingerprint density at radius 3 is 2.31 bits per heavy atom. The number of alkyl carbamates (subject to hydrolysis) is 1. The number of ketones is 2. The molecule has 3 fully saturated rings. The normalized spacial score (nSPS) is 29.3. The molecule has 5 bridgehead atoms. The Balaban J connectivity index is 1.03. The summed E-state index contributed by atoms with van der Waals surface area (Å²) < 4.78 is 47.9. The predicted octanol–water partition coefficient (Wildman–Crippen LogP) is 6.50. The second-order valence-corrected chi connectivity index (χ2v) is 22.4. The number of anilines is 1. The molecular weight excluding hydrogens is 1080 g/mol. The third-order valence-corrected chi connectivity index (χ3v) is 17.0. The minimum atomic E-state index is -2.02. The number of amides is 2. The minimum absolute atomic E-state index is 0.0186. The van der Waals surface area contributed by atoms with Crippen LogP contribution in [0.15, 0.2) is 69.8 Å². The number of morpholine rings is 1. The number of nitroso groups, excluding NO2 is 1. The van der Waals surface area contributed by atoms with Gasteiger partial charge in [0.15, 0.2) is 6.04 Å². The number of carbonyl (C=O) groups excluding carboxylic acids is 4. The Hall–Kier alpha value is -7.18. The molecule has 6 N–H and O–H groups in total. The monoisotopic (exact) mass is 1140 g/mol. The number of nitrogens with one attached hydrogen (secondary N) is 2. The first-order valence-electron chi connectivity index (χ1n) is 26.9. The maximum Gasteiger partial charge on any atom is 0.407 e. The number of carbonyl (C=O) groups is 5. The molecule has 7 aliphatic rings. The van der Waals surface area contributed by atoms with E-state index in [1.165, 1.54) is 58.6 Å². The fraction of sp³-hybridized carbons (Fsp3) is 0.509. The van der Waals surface area contributed by atoms with E-state index in [0.717, 1.165) is 6.07 Å². The molecule has 3 aromatic rings. The smallest absolute Gasteiger partial charge is 0.407 e. The quantitative estimate of drug-likeness (QED) is 0.131. The Bertz CT molecular complexity index is 3300. The van der Waals surface area contributed by atoms with Crippen LogP contribution in [0.5, 0.6) is 11.5 Å². The van der Waals surface area contributed by atoms with Crippen LogP contribution in [0.2, 0.25) is 5.02 Å². The lowest BCUT2D eigenvalue weighted by atomic mass is 9.78. The van der Waals surface area contributed by atoms with Gasteiger partial charge in [-0.3, -0.25) is 19.2 Å². The van der Waals surface area contributed by atoms with Gasteiger partial charge in [0.1, 0.15) is 40.4 Å². The van der Waals surface area contributed by atoms with Crippen LogP contribution < -0.4 is 25.7 Å². The third kappa shape index (κ3) is 10.7. The summed E-state index contributed by atoms with van der Waals surface area (Å²) in [6.07, 6.45) is 4.53. The summed E-state index contributed by atoms with van der Waals surface area (Å²) in [7, 11) is 1.38. The number of halogens is 2. The van der Waals surface area contributed by atoms with Gasteiger partial charge in [-0.2, -0.15) is 0 Å². The molecule has 22 nitrogen and oxygen atoms in total. The molecule has 434 valence electrons. The first-order valence-corrected chi connectivity index (χ1v) is 27.3. The molecular formula is C57H66ClFN6O16. The molecule has 2 saturated heterocycles. The number of phenols is 1. The van der Waals surface area contributed by atoms with E-state index in [2.05, 4.69) is 15.8 Å². The number of carboxylic acids is 1. The molecule has 0 radical (unpaired) electrons. The first-order chi connectivity index (χ1) is 38.4. The molecule has 5 aliphatic heterocycles. The number of nitrogens with zero attached hydrogens (tertiary/aromatic N) is 4. The van der Waals surface area contributed by atoms with Gasteiger partial charge in [0.05, 0.1) is 71.0 Å². The van der Waals surface area contributed by atoms with Crippen molar-refractivity contribution in [1.29, 1.82) is 0 Å². The maximum atomic E-state index is 16.1. The fourth-order valence-corrected chi connectivity index (χ4v) is 12.2. The van der Waals surface area contributed by atoms with E-state index in [9.17, 15) is 49.3 Å². The predicted molar refractivity (Wildman–Crippen MR) is 292 cm³/mol. The summed E-state index contributed by atoms with van der Waals surface area (Å²) >= 11 is 6.93. The summed E-state index contributed by atoms with van der Waals surface area (Å²) in [5.74, 6) is -10.8. The number of rotatable bonds is 8. The third-order valence-electron chi connectivity index (χ3n) is 16.7. The molecule has 81 heavy (non-hydrogen) atoms. The molecule has 2 unspecified atom stereocenters.